The molecule has 0 bridgehead atoms. The molecule has 0 fully saturated rings. The second-order valence-electron chi connectivity index (χ2n) is 7.35. The van der Waals surface area contributed by atoms with E-state index in [0.717, 1.165) is 28.1 Å². The van der Waals surface area contributed by atoms with Crippen LogP contribution < -0.4 is 4.90 Å². The predicted molar refractivity (Wildman–Crippen MR) is 117 cm³/mol. The fraction of sp³-hybridized carbons (Fsp3) is 0.154. The Morgan fingerprint density at radius 1 is 0.667 bits per heavy atom. The van der Waals surface area contributed by atoms with Crippen LogP contribution in [0.1, 0.15) is 16.7 Å². The van der Waals surface area contributed by atoms with E-state index in [1.807, 2.05) is 36.4 Å². The molecular weight excluding hydrogens is 383 g/mol. The van der Waals surface area contributed by atoms with Gasteiger partial charge in [0.1, 0.15) is 0 Å². The highest BCUT2D eigenvalue weighted by molar-refractivity contribution is 5.94. The summed E-state index contributed by atoms with van der Waals surface area (Å²) in [6.07, 6.45) is -3.80. The second kappa shape index (κ2) is 8.62. The molecule has 0 aliphatic rings. The van der Waals surface area contributed by atoms with Gasteiger partial charge in [0.15, 0.2) is 0 Å². The number of nitrogens with zero attached hydrogens (tertiary/aromatic N) is 1. The lowest BCUT2D eigenvalue weighted by molar-refractivity contribution is -0.137. The minimum absolute atomic E-state index is 0.528. The van der Waals surface area contributed by atoms with Crippen molar-refractivity contribution in [2.45, 2.75) is 19.1 Å². The number of anilines is 1. The number of hydrogen-bond donors (Lipinski definition) is 0. The van der Waals surface area contributed by atoms with E-state index in [1.54, 1.807) is 6.07 Å². The minimum atomic E-state index is -4.32. The fourth-order valence-corrected chi connectivity index (χ4v) is 3.74. The van der Waals surface area contributed by atoms with Gasteiger partial charge in [0.2, 0.25) is 0 Å². The van der Waals surface area contributed by atoms with E-state index in [0.29, 0.717) is 25.1 Å². The van der Waals surface area contributed by atoms with Gasteiger partial charge in [0.05, 0.1) is 5.56 Å². The number of hydrogen-bond acceptors (Lipinski definition) is 1. The standard InChI is InChI=1S/C26H22F3N/c27-26(28,29)23-13-6-10-20(18-23)16-17-30(19-21-8-2-1-3-9-21)25-15-7-12-22-11-4-5-14-24(22)25/h1-15,18H,16-17,19H2. The highest BCUT2D eigenvalue weighted by Crippen LogP contribution is 2.31. The first-order valence-electron chi connectivity index (χ1n) is 9.93. The Morgan fingerprint density at radius 2 is 1.33 bits per heavy atom. The van der Waals surface area contributed by atoms with Gasteiger partial charge in [-0.3, -0.25) is 0 Å². The Hall–Kier alpha value is -3.27. The van der Waals surface area contributed by atoms with Crippen molar-refractivity contribution in [3.05, 3.63) is 114 Å². The normalized spacial score (nSPS) is 11.6. The van der Waals surface area contributed by atoms with Crippen molar-refractivity contribution in [1.29, 1.82) is 0 Å². The van der Waals surface area contributed by atoms with E-state index < -0.39 is 11.7 Å². The van der Waals surface area contributed by atoms with Crippen LogP contribution in [0.15, 0.2) is 97.1 Å². The average molecular weight is 405 g/mol. The maximum Gasteiger partial charge on any atom is 0.416 e. The smallest absolute Gasteiger partial charge is 0.366 e. The Kier molecular flexibility index (Phi) is 5.75. The van der Waals surface area contributed by atoms with Crippen LogP contribution in [0, 0.1) is 0 Å². The summed E-state index contributed by atoms with van der Waals surface area (Å²) in [6, 6.07) is 30.1. The van der Waals surface area contributed by atoms with Gasteiger partial charge in [-0.15, -0.1) is 0 Å². The van der Waals surface area contributed by atoms with Gasteiger partial charge < -0.3 is 4.90 Å². The van der Waals surface area contributed by atoms with Gasteiger partial charge >= 0.3 is 6.18 Å². The van der Waals surface area contributed by atoms with Crippen LogP contribution in [0.5, 0.6) is 0 Å². The average Bonchev–Trinajstić information content (AvgIpc) is 2.76. The molecule has 0 heterocycles. The lowest BCUT2D eigenvalue weighted by Crippen LogP contribution is -2.25. The van der Waals surface area contributed by atoms with Crippen molar-refractivity contribution in [2.24, 2.45) is 0 Å². The van der Waals surface area contributed by atoms with Crippen molar-refractivity contribution in [3.8, 4) is 0 Å². The lowest BCUT2D eigenvalue weighted by atomic mass is 10.0. The zero-order valence-electron chi connectivity index (χ0n) is 16.4. The van der Waals surface area contributed by atoms with Gasteiger partial charge in [-0.1, -0.05) is 84.9 Å². The van der Waals surface area contributed by atoms with Crippen LogP contribution in [0.2, 0.25) is 0 Å². The monoisotopic (exact) mass is 405 g/mol. The first-order chi connectivity index (χ1) is 14.5. The third-order valence-electron chi connectivity index (χ3n) is 5.25. The SMILES string of the molecule is FC(F)(F)c1cccc(CCN(Cc2ccccc2)c2cccc3ccccc23)c1. The summed E-state index contributed by atoms with van der Waals surface area (Å²) in [7, 11) is 0. The fourth-order valence-electron chi connectivity index (χ4n) is 3.74. The molecule has 0 amide bonds. The lowest BCUT2D eigenvalue weighted by Gasteiger charge is -2.27. The summed E-state index contributed by atoms with van der Waals surface area (Å²) in [5.41, 5.74) is 2.33. The second-order valence-corrected chi connectivity index (χ2v) is 7.35. The Morgan fingerprint density at radius 3 is 2.13 bits per heavy atom. The molecule has 0 saturated heterocycles. The first-order valence-corrected chi connectivity index (χ1v) is 9.93. The van der Waals surface area contributed by atoms with Crippen molar-refractivity contribution < 1.29 is 13.2 Å². The van der Waals surface area contributed by atoms with Gasteiger partial charge in [-0.05, 0) is 35.1 Å². The third-order valence-corrected chi connectivity index (χ3v) is 5.25. The van der Waals surface area contributed by atoms with Crippen LogP contribution in [0.4, 0.5) is 18.9 Å². The van der Waals surface area contributed by atoms with Gasteiger partial charge in [-0.2, -0.15) is 13.2 Å². The zero-order chi connectivity index (χ0) is 21.0. The number of halogens is 3. The van der Waals surface area contributed by atoms with Gasteiger partial charge in [0.25, 0.3) is 0 Å². The highest BCUT2D eigenvalue weighted by atomic mass is 19.4. The maximum absolute atomic E-state index is 13.1. The van der Waals surface area contributed by atoms with Crippen molar-refractivity contribution in [3.63, 3.8) is 0 Å². The van der Waals surface area contributed by atoms with Crippen molar-refractivity contribution in [2.75, 3.05) is 11.4 Å². The molecule has 4 aromatic rings. The molecule has 0 radical (unpaired) electrons. The maximum atomic E-state index is 13.1. The molecule has 0 atom stereocenters. The molecule has 0 unspecified atom stereocenters. The molecule has 4 heteroatoms. The molecule has 0 N–H and O–H groups in total. The highest BCUT2D eigenvalue weighted by Gasteiger charge is 2.30. The molecule has 0 saturated carbocycles. The Labute approximate surface area is 174 Å². The molecule has 0 aliphatic heterocycles. The van der Waals surface area contributed by atoms with Crippen molar-refractivity contribution in [1.82, 2.24) is 0 Å². The minimum Gasteiger partial charge on any atom is -0.366 e. The van der Waals surface area contributed by atoms with E-state index in [4.69, 9.17) is 0 Å². The molecular formula is C26H22F3N. The quantitative estimate of drug-likeness (QED) is 0.330. The first kappa shape index (κ1) is 20.0. The van der Waals surface area contributed by atoms with Crippen LogP contribution in [0.3, 0.4) is 0 Å². The Bertz CT molecular complexity index is 1110. The molecule has 0 aliphatic carbocycles. The van der Waals surface area contributed by atoms with E-state index in [2.05, 4.69) is 41.3 Å². The van der Waals surface area contributed by atoms with Crippen LogP contribution in [0.25, 0.3) is 10.8 Å². The van der Waals surface area contributed by atoms with E-state index in [1.165, 1.54) is 12.1 Å². The number of alkyl halides is 3. The number of benzene rings is 4. The number of fused-ring (bicyclic) bond motifs is 1. The summed E-state index contributed by atoms with van der Waals surface area (Å²) in [6.45, 7) is 1.30. The number of rotatable bonds is 6. The molecule has 4 rings (SSSR count). The van der Waals surface area contributed by atoms with Crippen LogP contribution >= 0.6 is 0 Å². The summed E-state index contributed by atoms with van der Waals surface area (Å²) in [4.78, 5) is 2.25. The molecule has 0 aromatic heterocycles. The van der Waals surface area contributed by atoms with Gasteiger partial charge in [0, 0.05) is 24.2 Å². The summed E-state index contributed by atoms with van der Waals surface area (Å²) < 4.78 is 39.2. The Balaban J connectivity index is 1.64. The summed E-state index contributed by atoms with van der Waals surface area (Å²) in [5, 5.41) is 2.28. The summed E-state index contributed by atoms with van der Waals surface area (Å²) in [5.74, 6) is 0. The van der Waals surface area contributed by atoms with Gasteiger partial charge in [-0.25, -0.2) is 0 Å². The molecule has 4 aromatic carbocycles. The summed E-state index contributed by atoms with van der Waals surface area (Å²) >= 11 is 0. The van der Waals surface area contributed by atoms with Crippen molar-refractivity contribution >= 4 is 16.5 Å². The van der Waals surface area contributed by atoms with E-state index in [9.17, 15) is 13.2 Å². The molecule has 30 heavy (non-hydrogen) atoms. The zero-order valence-corrected chi connectivity index (χ0v) is 16.4. The molecule has 152 valence electrons. The third kappa shape index (κ3) is 4.65. The van der Waals surface area contributed by atoms with E-state index in [-0.39, 0.29) is 0 Å². The molecule has 1 nitrogen and oxygen atoms in total. The van der Waals surface area contributed by atoms with Crippen LogP contribution in [-0.4, -0.2) is 6.54 Å². The van der Waals surface area contributed by atoms with Crippen LogP contribution in [-0.2, 0) is 19.1 Å². The van der Waals surface area contributed by atoms with E-state index >= 15 is 0 Å². The topological polar surface area (TPSA) is 3.24 Å². The molecule has 0 spiro atoms. The largest absolute Gasteiger partial charge is 0.416 e. The predicted octanol–water partition coefficient (Wildman–Crippen LogP) is 7.11.